The van der Waals surface area contributed by atoms with Gasteiger partial charge in [0.05, 0.1) is 7.11 Å². The van der Waals surface area contributed by atoms with Crippen molar-refractivity contribution >= 4 is 12.4 Å². The zero-order valence-corrected chi connectivity index (χ0v) is 10.0. The third kappa shape index (κ3) is 3.94. The summed E-state index contributed by atoms with van der Waals surface area (Å²) in [6.45, 7) is 5.84. The highest BCUT2D eigenvalue weighted by Crippen LogP contribution is 2.26. The van der Waals surface area contributed by atoms with Crippen LogP contribution < -0.4 is 10.5 Å². The highest BCUT2D eigenvalue weighted by molar-refractivity contribution is 5.85. The van der Waals surface area contributed by atoms with Gasteiger partial charge in [-0.25, -0.2) is 0 Å². The molecule has 0 aliphatic rings. The molecule has 2 nitrogen and oxygen atoms in total. The van der Waals surface area contributed by atoms with E-state index in [-0.39, 0.29) is 18.4 Å². The average Bonchev–Trinajstić information content (AvgIpc) is 2.16. The molecule has 3 heteroatoms. The van der Waals surface area contributed by atoms with Gasteiger partial charge in [0.15, 0.2) is 0 Å². The number of hydrogen-bond donors (Lipinski definition) is 1. The quantitative estimate of drug-likeness (QED) is 0.803. The van der Waals surface area contributed by atoms with Gasteiger partial charge >= 0.3 is 0 Å². The molecule has 0 amide bonds. The number of benzene rings is 1. The lowest BCUT2D eigenvalue weighted by Gasteiger charge is -2.15. The molecule has 0 heterocycles. The van der Waals surface area contributed by atoms with Crippen molar-refractivity contribution < 1.29 is 4.74 Å². The number of hydrogen-bond acceptors (Lipinski definition) is 2. The summed E-state index contributed by atoms with van der Waals surface area (Å²) in [5, 5.41) is 0. The summed E-state index contributed by atoms with van der Waals surface area (Å²) in [5.74, 6) is 0.848. The molecule has 0 aromatic heterocycles. The van der Waals surface area contributed by atoms with Crippen molar-refractivity contribution in [2.24, 2.45) is 5.73 Å². The van der Waals surface area contributed by atoms with Crippen molar-refractivity contribution in [1.29, 1.82) is 0 Å². The van der Waals surface area contributed by atoms with E-state index in [9.17, 15) is 0 Å². The molecule has 0 saturated heterocycles. The summed E-state index contributed by atoms with van der Waals surface area (Å²) < 4.78 is 5.24. The summed E-state index contributed by atoms with van der Waals surface area (Å²) in [4.78, 5) is 0. The van der Waals surface area contributed by atoms with Crippen LogP contribution in [0.15, 0.2) is 36.4 Å². The maximum absolute atomic E-state index is 6.03. The zero-order valence-electron chi connectivity index (χ0n) is 9.19. The molecule has 1 atom stereocenters. The zero-order chi connectivity index (χ0) is 10.6. The van der Waals surface area contributed by atoms with Crippen LogP contribution >= 0.6 is 12.4 Å². The molecule has 2 N–H and O–H groups in total. The topological polar surface area (TPSA) is 35.2 Å². The van der Waals surface area contributed by atoms with Crippen LogP contribution in [0.2, 0.25) is 0 Å². The normalized spacial score (nSPS) is 11.4. The van der Waals surface area contributed by atoms with Gasteiger partial charge < -0.3 is 10.5 Å². The maximum atomic E-state index is 6.03. The van der Waals surface area contributed by atoms with Crippen molar-refractivity contribution in [2.45, 2.75) is 19.4 Å². The fraction of sp³-hybridized carbons (Fsp3) is 0.333. The maximum Gasteiger partial charge on any atom is 0.123 e. The van der Waals surface area contributed by atoms with Crippen LogP contribution in [-0.2, 0) is 0 Å². The highest BCUT2D eigenvalue weighted by atomic mass is 35.5. The van der Waals surface area contributed by atoms with E-state index in [0.717, 1.165) is 23.3 Å². The Morgan fingerprint density at radius 3 is 2.60 bits per heavy atom. The summed E-state index contributed by atoms with van der Waals surface area (Å²) in [6, 6.07) is 7.80. The van der Waals surface area contributed by atoms with Crippen molar-refractivity contribution in [2.75, 3.05) is 7.11 Å². The number of rotatable bonds is 4. The van der Waals surface area contributed by atoms with Gasteiger partial charge in [0.2, 0.25) is 0 Å². The molecule has 1 rings (SSSR count). The van der Waals surface area contributed by atoms with E-state index in [4.69, 9.17) is 10.5 Å². The molecule has 0 fully saturated rings. The Balaban J connectivity index is 0.00000196. The Hall–Kier alpha value is -0.990. The Labute approximate surface area is 97.5 Å². The SMILES string of the molecule is C=C(C)C[C@H](N)c1ccccc1OC.Cl. The third-order valence-corrected chi connectivity index (χ3v) is 2.11. The lowest BCUT2D eigenvalue weighted by molar-refractivity contribution is 0.405. The lowest BCUT2D eigenvalue weighted by Crippen LogP contribution is -2.11. The van der Waals surface area contributed by atoms with Gasteiger partial charge in [0, 0.05) is 11.6 Å². The number of nitrogens with two attached hydrogens (primary N) is 1. The fourth-order valence-electron chi connectivity index (χ4n) is 1.46. The number of halogens is 1. The molecular weight excluding hydrogens is 210 g/mol. The van der Waals surface area contributed by atoms with Gasteiger partial charge in [0.25, 0.3) is 0 Å². The first kappa shape index (κ1) is 14.0. The second-order valence-electron chi connectivity index (χ2n) is 3.51. The summed E-state index contributed by atoms with van der Waals surface area (Å²) >= 11 is 0. The molecule has 15 heavy (non-hydrogen) atoms. The van der Waals surface area contributed by atoms with Crippen LogP contribution in [0.1, 0.15) is 24.9 Å². The molecule has 1 aromatic carbocycles. The van der Waals surface area contributed by atoms with Crippen molar-refractivity contribution in [3.05, 3.63) is 42.0 Å². The molecule has 0 spiro atoms. The van der Waals surface area contributed by atoms with E-state index in [1.54, 1.807) is 7.11 Å². The monoisotopic (exact) mass is 227 g/mol. The van der Waals surface area contributed by atoms with E-state index < -0.39 is 0 Å². The lowest BCUT2D eigenvalue weighted by atomic mass is 10.0. The van der Waals surface area contributed by atoms with Crippen LogP contribution in [0.25, 0.3) is 0 Å². The van der Waals surface area contributed by atoms with E-state index in [0.29, 0.717) is 0 Å². The van der Waals surface area contributed by atoms with Gasteiger partial charge in [-0.15, -0.1) is 19.0 Å². The molecule has 84 valence electrons. The summed E-state index contributed by atoms with van der Waals surface area (Å²) in [6.07, 6.45) is 0.792. The van der Waals surface area contributed by atoms with E-state index in [1.165, 1.54) is 0 Å². The molecule has 0 radical (unpaired) electrons. The van der Waals surface area contributed by atoms with Gasteiger partial charge in [-0.3, -0.25) is 0 Å². The first-order valence-electron chi connectivity index (χ1n) is 4.68. The van der Waals surface area contributed by atoms with E-state index >= 15 is 0 Å². The van der Waals surface area contributed by atoms with Crippen LogP contribution in [0.4, 0.5) is 0 Å². The smallest absolute Gasteiger partial charge is 0.123 e. The molecule has 0 unspecified atom stereocenters. The Bertz CT molecular complexity index is 325. The van der Waals surface area contributed by atoms with Crippen LogP contribution in [0, 0.1) is 0 Å². The van der Waals surface area contributed by atoms with E-state index in [1.807, 2.05) is 31.2 Å². The Morgan fingerprint density at radius 1 is 1.47 bits per heavy atom. The van der Waals surface area contributed by atoms with Gasteiger partial charge in [-0.2, -0.15) is 0 Å². The summed E-state index contributed by atoms with van der Waals surface area (Å²) in [7, 11) is 1.66. The molecule has 0 bridgehead atoms. The average molecular weight is 228 g/mol. The Kier molecular flexibility index (Phi) is 6.06. The third-order valence-electron chi connectivity index (χ3n) is 2.11. The molecule has 0 aliphatic carbocycles. The predicted octanol–water partition coefficient (Wildman–Crippen LogP) is 3.08. The highest BCUT2D eigenvalue weighted by Gasteiger charge is 2.10. The van der Waals surface area contributed by atoms with Crippen LogP contribution in [0.3, 0.4) is 0 Å². The number of ether oxygens (including phenoxy) is 1. The second-order valence-corrected chi connectivity index (χ2v) is 3.51. The minimum atomic E-state index is -0.0244. The molecule has 1 aromatic rings. The van der Waals surface area contributed by atoms with Crippen molar-refractivity contribution in [1.82, 2.24) is 0 Å². The second kappa shape index (κ2) is 6.49. The molecular formula is C12H18ClNO. The minimum Gasteiger partial charge on any atom is -0.496 e. The number of para-hydroxylation sites is 1. The Morgan fingerprint density at radius 2 is 2.07 bits per heavy atom. The first-order valence-corrected chi connectivity index (χ1v) is 4.68. The van der Waals surface area contributed by atoms with Gasteiger partial charge in [0.1, 0.15) is 5.75 Å². The first-order chi connectivity index (χ1) is 6.65. The number of methoxy groups -OCH3 is 1. The molecule has 0 aliphatic heterocycles. The summed E-state index contributed by atoms with van der Waals surface area (Å²) in [5.41, 5.74) is 8.16. The largest absolute Gasteiger partial charge is 0.496 e. The van der Waals surface area contributed by atoms with Crippen molar-refractivity contribution in [3.63, 3.8) is 0 Å². The van der Waals surface area contributed by atoms with Gasteiger partial charge in [-0.05, 0) is 19.4 Å². The fourth-order valence-corrected chi connectivity index (χ4v) is 1.46. The minimum absolute atomic E-state index is 0. The van der Waals surface area contributed by atoms with Crippen LogP contribution in [0.5, 0.6) is 5.75 Å². The predicted molar refractivity (Wildman–Crippen MR) is 66.6 cm³/mol. The molecule has 0 saturated carbocycles. The van der Waals surface area contributed by atoms with Gasteiger partial charge in [-0.1, -0.05) is 23.8 Å². The standard InChI is InChI=1S/C12H17NO.ClH/c1-9(2)8-11(13)10-6-4-5-7-12(10)14-3;/h4-7,11H,1,8,13H2,2-3H3;1H/t11-;/m0./s1. The van der Waals surface area contributed by atoms with Crippen LogP contribution in [-0.4, -0.2) is 7.11 Å². The van der Waals surface area contributed by atoms with Crippen molar-refractivity contribution in [3.8, 4) is 5.75 Å². The van der Waals surface area contributed by atoms with E-state index in [2.05, 4.69) is 6.58 Å².